The number of halogens is 1. The van der Waals surface area contributed by atoms with Crippen LogP contribution in [0.1, 0.15) is 16.8 Å². The van der Waals surface area contributed by atoms with Gasteiger partial charge in [0, 0.05) is 62.8 Å². The van der Waals surface area contributed by atoms with Gasteiger partial charge in [0.05, 0.1) is 13.2 Å². The fourth-order valence-corrected chi connectivity index (χ4v) is 3.39. The number of rotatable bonds is 4. The van der Waals surface area contributed by atoms with Gasteiger partial charge < -0.3 is 14.5 Å². The zero-order valence-electron chi connectivity index (χ0n) is 14.3. The second kappa shape index (κ2) is 8.65. The third-order valence-corrected chi connectivity index (χ3v) is 4.97. The number of carbonyl (C=O) groups excluding carboxylic acids is 2. The molecular formula is C18H24ClN3O3. The Bertz CT molecular complexity index is 611. The summed E-state index contributed by atoms with van der Waals surface area (Å²) in [6, 6.07) is 6.99. The molecule has 2 saturated heterocycles. The number of benzene rings is 1. The quantitative estimate of drug-likeness (QED) is 0.808. The van der Waals surface area contributed by atoms with Crippen molar-refractivity contribution in [3.05, 3.63) is 34.9 Å². The first-order chi connectivity index (χ1) is 12.1. The van der Waals surface area contributed by atoms with Crippen molar-refractivity contribution in [3.63, 3.8) is 0 Å². The van der Waals surface area contributed by atoms with Gasteiger partial charge in [0.1, 0.15) is 0 Å². The van der Waals surface area contributed by atoms with Gasteiger partial charge in [-0.25, -0.2) is 0 Å². The number of piperazine rings is 1. The molecule has 6 nitrogen and oxygen atoms in total. The Labute approximate surface area is 153 Å². The molecule has 3 rings (SSSR count). The zero-order chi connectivity index (χ0) is 17.6. The number of ether oxygens (including phenoxy) is 1. The van der Waals surface area contributed by atoms with Crippen LogP contribution in [0.25, 0.3) is 0 Å². The third-order valence-electron chi connectivity index (χ3n) is 4.74. The van der Waals surface area contributed by atoms with Gasteiger partial charge in [0.15, 0.2) is 0 Å². The summed E-state index contributed by atoms with van der Waals surface area (Å²) in [5, 5.41) is 0.558. The summed E-state index contributed by atoms with van der Waals surface area (Å²) in [6.45, 7) is 6.39. The predicted octanol–water partition coefficient (Wildman–Crippen LogP) is 1.35. The number of morpholine rings is 1. The molecule has 7 heteroatoms. The van der Waals surface area contributed by atoms with Crippen LogP contribution in [0.4, 0.5) is 0 Å². The minimum absolute atomic E-state index is 0.0251. The molecule has 1 aromatic rings. The Morgan fingerprint density at radius 2 is 1.68 bits per heavy atom. The molecule has 0 unspecified atom stereocenters. The van der Waals surface area contributed by atoms with Crippen molar-refractivity contribution in [1.29, 1.82) is 0 Å². The normalized spacial score (nSPS) is 19.1. The van der Waals surface area contributed by atoms with E-state index in [2.05, 4.69) is 4.90 Å². The first-order valence-corrected chi connectivity index (χ1v) is 9.14. The highest BCUT2D eigenvalue weighted by Gasteiger charge is 2.25. The monoisotopic (exact) mass is 365 g/mol. The van der Waals surface area contributed by atoms with E-state index >= 15 is 0 Å². The van der Waals surface area contributed by atoms with Crippen molar-refractivity contribution >= 4 is 23.4 Å². The molecule has 0 spiro atoms. The summed E-state index contributed by atoms with van der Waals surface area (Å²) in [6.07, 6.45) is 0.530. The fraction of sp³-hybridized carbons (Fsp3) is 0.556. The molecule has 1 aromatic carbocycles. The Hall–Kier alpha value is -1.63. The second-order valence-corrected chi connectivity index (χ2v) is 6.82. The first kappa shape index (κ1) is 18.2. The van der Waals surface area contributed by atoms with Crippen molar-refractivity contribution in [3.8, 4) is 0 Å². The van der Waals surface area contributed by atoms with Crippen LogP contribution in [0.2, 0.25) is 5.02 Å². The predicted molar refractivity (Wildman–Crippen MR) is 95.8 cm³/mol. The Balaban J connectivity index is 1.44. The van der Waals surface area contributed by atoms with Crippen LogP contribution in [0.3, 0.4) is 0 Å². The standard InChI is InChI=1S/C18H24ClN3O3/c19-16-3-1-2-15(14-16)18(24)22-8-6-21(7-9-22)17(23)4-5-20-10-12-25-13-11-20/h1-3,14H,4-13H2. The van der Waals surface area contributed by atoms with Gasteiger partial charge in [-0.3, -0.25) is 14.5 Å². The molecule has 2 aliphatic rings. The van der Waals surface area contributed by atoms with Crippen molar-refractivity contribution in [2.75, 3.05) is 59.0 Å². The van der Waals surface area contributed by atoms with Crippen LogP contribution in [0, 0.1) is 0 Å². The lowest BCUT2D eigenvalue weighted by Gasteiger charge is -2.35. The number of nitrogens with zero attached hydrogens (tertiary/aromatic N) is 3. The SMILES string of the molecule is O=C(CCN1CCOCC1)N1CCN(C(=O)c2cccc(Cl)c2)CC1. The van der Waals surface area contributed by atoms with E-state index in [1.807, 2.05) is 4.90 Å². The molecule has 136 valence electrons. The van der Waals surface area contributed by atoms with E-state index in [1.165, 1.54) is 0 Å². The molecule has 0 aromatic heterocycles. The lowest BCUT2D eigenvalue weighted by Crippen LogP contribution is -2.51. The van der Waals surface area contributed by atoms with Gasteiger partial charge in [-0.05, 0) is 18.2 Å². The van der Waals surface area contributed by atoms with Crippen molar-refractivity contribution in [2.45, 2.75) is 6.42 Å². The zero-order valence-corrected chi connectivity index (χ0v) is 15.1. The van der Waals surface area contributed by atoms with E-state index < -0.39 is 0 Å². The second-order valence-electron chi connectivity index (χ2n) is 6.39. The Morgan fingerprint density at radius 3 is 2.36 bits per heavy atom. The summed E-state index contributed by atoms with van der Waals surface area (Å²) in [5.74, 6) is 0.143. The van der Waals surface area contributed by atoms with E-state index in [0.717, 1.165) is 32.8 Å². The number of hydrogen-bond donors (Lipinski definition) is 0. The lowest BCUT2D eigenvalue weighted by atomic mass is 10.1. The fourth-order valence-electron chi connectivity index (χ4n) is 3.20. The highest BCUT2D eigenvalue weighted by atomic mass is 35.5. The molecule has 0 radical (unpaired) electrons. The summed E-state index contributed by atoms with van der Waals surface area (Å²) in [4.78, 5) is 30.8. The molecule has 0 bridgehead atoms. The number of amides is 2. The van der Waals surface area contributed by atoms with Crippen LogP contribution in [-0.2, 0) is 9.53 Å². The van der Waals surface area contributed by atoms with Crippen LogP contribution in [0.15, 0.2) is 24.3 Å². The molecule has 0 atom stereocenters. The van der Waals surface area contributed by atoms with Gasteiger partial charge >= 0.3 is 0 Å². The van der Waals surface area contributed by atoms with Gasteiger partial charge in [0.2, 0.25) is 5.91 Å². The highest BCUT2D eigenvalue weighted by molar-refractivity contribution is 6.30. The highest BCUT2D eigenvalue weighted by Crippen LogP contribution is 2.14. The van der Waals surface area contributed by atoms with E-state index in [1.54, 1.807) is 29.2 Å². The van der Waals surface area contributed by atoms with Crippen molar-refractivity contribution < 1.29 is 14.3 Å². The van der Waals surface area contributed by atoms with Gasteiger partial charge in [0.25, 0.3) is 5.91 Å². The Morgan fingerprint density at radius 1 is 1.00 bits per heavy atom. The van der Waals surface area contributed by atoms with E-state index in [0.29, 0.717) is 43.2 Å². The van der Waals surface area contributed by atoms with E-state index in [-0.39, 0.29) is 11.8 Å². The molecule has 0 aliphatic carbocycles. The largest absolute Gasteiger partial charge is 0.379 e. The van der Waals surface area contributed by atoms with Crippen LogP contribution in [0.5, 0.6) is 0 Å². The summed E-state index contributed by atoms with van der Waals surface area (Å²) >= 11 is 5.96. The van der Waals surface area contributed by atoms with Crippen LogP contribution >= 0.6 is 11.6 Å². The van der Waals surface area contributed by atoms with Crippen molar-refractivity contribution in [1.82, 2.24) is 14.7 Å². The van der Waals surface area contributed by atoms with Gasteiger partial charge in [-0.15, -0.1) is 0 Å². The molecule has 2 amide bonds. The Kier molecular flexibility index (Phi) is 6.29. The summed E-state index contributed by atoms with van der Waals surface area (Å²) in [5.41, 5.74) is 0.597. The van der Waals surface area contributed by atoms with E-state index in [9.17, 15) is 9.59 Å². The van der Waals surface area contributed by atoms with E-state index in [4.69, 9.17) is 16.3 Å². The van der Waals surface area contributed by atoms with Gasteiger partial charge in [-0.1, -0.05) is 17.7 Å². The van der Waals surface area contributed by atoms with Crippen molar-refractivity contribution in [2.24, 2.45) is 0 Å². The molecule has 2 fully saturated rings. The lowest BCUT2D eigenvalue weighted by molar-refractivity contribution is -0.133. The topological polar surface area (TPSA) is 53.1 Å². The molecule has 2 heterocycles. The van der Waals surface area contributed by atoms with Crippen LogP contribution < -0.4 is 0 Å². The summed E-state index contributed by atoms with van der Waals surface area (Å²) < 4.78 is 5.32. The molecule has 0 saturated carbocycles. The molecule has 25 heavy (non-hydrogen) atoms. The average Bonchev–Trinajstić information content (AvgIpc) is 2.66. The maximum atomic E-state index is 12.5. The molecular weight excluding hydrogens is 342 g/mol. The molecule has 0 N–H and O–H groups in total. The minimum Gasteiger partial charge on any atom is -0.379 e. The molecule has 2 aliphatic heterocycles. The van der Waals surface area contributed by atoms with Crippen LogP contribution in [-0.4, -0.2) is 85.5 Å². The summed E-state index contributed by atoms with van der Waals surface area (Å²) in [7, 11) is 0. The maximum Gasteiger partial charge on any atom is 0.254 e. The minimum atomic E-state index is -0.0251. The third kappa shape index (κ3) is 4.93. The smallest absolute Gasteiger partial charge is 0.254 e. The first-order valence-electron chi connectivity index (χ1n) is 8.76. The maximum absolute atomic E-state index is 12.5. The number of carbonyl (C=O) groups is 2. The number of hydrogen-bond acceptors (Lipinski definition) is 4. The average molecular weight is 366 g/mol. The van der Waals surface area contributed by atoms with Gasteiger partial charge in [-0.2, -0.15) is 0 Å².